The summed E-state index contributed by atoms with van der Waals surface area (Å²) in [5, 5.41) is 2.81. The van der Waals surface area contributed by atoms with Gasteiger partial charge in [0.25, 0.3) is 5.91 Å². The van der Waals surface area contributed by atoms with Crippen molar-refractivity contribution in [3.8, 4) is 0 Å². The van der Waals surface area contributed by atoms with Crippen LogP contribution >= 0.6 is 0 Å². The van der Waals surface area contributed by atoms with Crippen molar-refractivity contribution in [1.82, 2.24) is 4.57 Å². The number of nitrogens with zero attached hydrogens (tertiary/aromatic N) is 1. The second-order valence-electron chi connectivity index (χ2n) is 7.21. The summed E-state index contributed by atoms with van der Waals surface area (Å²) < 4.78 is 7.30. The molecule has 0 fully saturated rings. The van der Waals surface area contributed by atoms with Crippen LogP contribution in [0.1, 0.15) is 59.2 Å². The number of hydrogen-bond donors (Lipinski definition) is 1. The molecule has 1 aliphatic carbocycles. The van der Waals surface area contributed by atoms with Gasteiger partial charge >= 0.3 is 5.97 Å². The molecule has 5 nitrogen and oxygen atoms in total. The van der Waals surface area contributed by atoms with Crippen molar-refractivity contribution in [3.63, 3.8) is 0 Å². The average molecular weight is 354 g/mol. The molecule has 5 heteroatoms. The molecule has 1 N–H and O–H groups in total. The van der Waals surface area contributed by atoms with Gasteiger partial charge in [-0.1, -0.05) is 6.07 Å². The molecule has 26 heavy (non-hydrogen) atoms. The zero-order valence-corrected chi connectivity index (χ0v) is 15.9. The van der Waals surface area contributed by atoms with Gasteiger partial charge in [-0.25, -0.2) is 4.79 Å². The predicted octanol–water partition coefficient (Wildman–Crippen LogP) is 3.97. The molecule has 0 bridgehead atoms. The van der Waals surface area contributed by atoms with Crippen LogP contribution in [0.4, 0.5) is 5.69 Å². The molecular weight excluding hydrogens is 328 g/mol. The van der Waals surface area contributed by atoms with Crippen LogP contribution in [0.2, 0.25) is 0 Å². The second-order valence-corrected chi connectivity index (χ2v) is 7.21. The topological polar surface area (TPSA) is 60.3 Å². The van der Waals surface area contributed by atoms with Crippen LogP contribution in [0.5, 0.6) is 0 Å². The van der Waals surface area contributed by atoms with E-state index in [1.807, 2.05) is 32.0 Å². The molecule has 0 unspecified atom stereocenters. The zero-order valence-electron chi connectivity index (χ0n) is 15.9. The van der Waals surface area contributed by atoms with Crippen molar-refractivity contribution in [2.24, 2.45) is 0 Å². The Bertz CT molecular complexity index is 849. The number of benzene rings is 1. The first-order valence-corrected chi connectivity index (χ1v) is 9.14. The Labute approximate surface area is 154 Å². The number of aromatic nitrogens is 1. The third-order valence-electron chi connectivity index (χ3n) is 4.94. The molecule has 1 aromatic carbocycles. The van der Waals surface area contributed by atoms with E-state index in [9.17, 15) is 9.59 Å². The molecule has 0 aliphatic heterocycles. The molecule has 0 saturated carbocycles. The van der Waals surface area contributed by atoms with Crippen LogP contribution in [0.15, 0.2) is 24.3 Å². The highest BCUT2D eigenvalue weighted by atomic mass is 16.5. The molecule has 3 rings (SSSR count). The highest BCUT2D eigenvalue weighted by molar-refractivity contribution is 5.96. The summed E-state index contributed by atoms with van der Waals surface area (Å²) in [6, 6.07) is 8.05. The fraction of sp³-hybridized carbons (Fsp3) is 0.429. The summed E-state index contributed by atoms with van der Waals surface area (Å²) in [4.78, 5) is 24.5. The fourth-order valence-electron chi connectivity index (χ4n) is 3.83. The lowest BCUT2D eigenvalue weighted by atomic mass is 10.1. The van der Waals surface area contributed by atoms with Crippen LogP contribution in [-0.2, 0) is 22.4 Å². The number of fused-ring (bicyclic) bond motifs is 1. The maximum atomic E-state index is 12.3. The maximum Gasteiger partial charge on any atom is 0.340 e. The number of anilines is 1. The van der Waals surface area contributed by atoms with Gasteiger partial charge in [0, 0.05) is 23.1 Å². The van der Waals surface area contributed by atoms with E-state index in [1.165, 1.54) is 17.5 Å². The first-order valence-electron chi connectivity index (χ1n) is 9.14. The molecule has 1 aliphatic rings. The van der Waals surface area contributed by atoms with Gasteiger partial charge in [0.15, 0.2) is 6.61 Å². The van der Waals surface area contributed by atoms with Crippen LogP contribution in [0.25, 0.3) is 0 Å². The Hall–Kier alpha value is -2.56. The van der Waals surface area contributed by atoms with E-state index in [-0.39, 0.29) is 18.6 Å². The van der Waals surface area contributed by atoms with Crippen LogP contribution in [0, 0.1) is 13.8 Å². The molecule has 0 saturated heterocycles. The molecule has 2 aromatic rings. The Kier molecular flexibility index (Phi) is 5.16. The fourth-order valence-corrected chi connectivity index (χ4v) is 3.83. The van der Waals surface area contributed by atoms with Crippen molar-refractivity contribution < 1.29 is 14.3 Å². The summed E-state index contributed by atoms with van der Waals surface area (Å²) in [6.45, 7) is 7.71. The van der Waals surface area contributed by atoms with Gasteiger partial charge in [-0.05, 0) is 76.3 Å². The van der Waals surface area contributed by atoms with Crippen LogP contribution in [-0.4, -0.2) is 23.1 Å². The lowest BCUT2D eigenvalue weighted by molar-refractivity contribution is -0.119. The number of carbonyl (C=O) groups excluding carboxylic acids is 2. The number of carbonyl (C=O) groups is 2. The summed E-state index contributed by atoms with van der Waals surface area (Å²) >= 11 is 0. The summed E-state index contributed by atoms with van der Waals surface area (Å²) in [6.07, 6.45) is 3.33. The van der Waals surface area contributed by atoms with E-state index >= 15 is 0 Å². The van der Waals surface area contributed by atoms with Gasteiger partial charge in [0.2, 0.25) is 0 Å². The molecule has 1 aromatic heterocycles. The minimum atomic E-state index is -0.464. The van der Waals surface area contributed by atoms with Crippen molar-refractivity contribution in [3.05, 3.63) is 52.3 Å². The first-order chi connectivity index (χ1) is 12.4. The standard InChI is InChI=1S/C21H26N2O3/c1-13(2)23-14(3)10-19(15(23)4)21(25)26-12-20(24)22-18-9-8-16-6-5-7-17(16)11-18/h8-11,13H,5-7,12H2,1-4H3,(H,22,24). The average Bonchev–Trinajstić information content (AvgIpc) is 3.16. The zero-order chi connectivity index (χ0) is 18.8. The maximum absolute atomic E-state index is 12.3. The number of esters is 1. The number of hydrogen-bond acceptors (Lipinski definition) is 3. The molecule has 0 atom stereocenters. The number of rotatable bonds is 5. The quantitative estimate of drug-likeness (QED) is 0.827. The Morgan fingerprint density at radius 1 is 1.15 bits per heavy atom. The van der Waals surface area contributed by atoms with Gasteiger partial charge in [-0.15, -0.1) is 0 Å². The molecule has 0 radical (unpaired) electrons. The molecule has 1 amide bonds. The normalized spacial score (nSPS) is 13.0. The Balaban J connectivity index is 1.59. The van der Waals surface area contributed by atoms with Crippen molar-refractivity contribution in [2.45, 2.75) is 53.0 Å². The van der Waals surface area contributed by atoms with Gasteiger partial charge in [0.1, 0.15) is 0 Å². The molecule has 0 spiro atoms. The van der Waals surface area contributed by atoms with E-state index in [4.69, 9.17) is 4.74 Å². The van der Waals surface area contributed by atoms with Gasteiger partial charge in [-0.3, -0.25) is 4.79 Å². The third-order valence-corrected chi connectivity index (χ3v) is 4.94. The predicted molar refractivity (Wildman–Crippen MR) is 102 cm³/mol. The van der Waals surface area contributed by atoms with E-state index < -0.39 is 5.97 Å². The molecule has 138 valence electrons. The third kappa shape index (κ3) is 3.66. The van der Waals surface area contributed by atoms with E-state index in [0.717, 1.165) is 29.9 Å². The Morgan fingerprint density at radius 3 is 2.58 bits per heavy atom. The summed E-state index contributed by atoms with van der Waals surface area (Å²) in [5.74, 6) is -0.789. The van der Waals surface area contributed by atoms with Crippen molar-refractivity contribution >= 4 is 17.6 Å². The second kappa shape index (κ2) is 7.36. The van der Waals surface area contributed by atoms with E-state index in [1.54, 1.807) is 0 Å². The van der Waals surface area contributed by atoms with Crippen LogP contribution in [0.3, 0.4) is 0 Å². The highest BCUT2D eigenvalue weighted by Crippen LogP contribution is 2.25. The first kappa shape index (κ1) is 18.2. The van der Waals surface area contributed by atoms with E-state index in [2.05, 4.69) is 29.8 Å². The highest BCUT2D eigenvalue weighted by Gasteiger charge is 2.19. The number of ether oxygens (including phenoxy) is 1. The summed E-state index contributed by atoms with van der Waals surface area (Å²) in [5.41, 5.74) is 5.79. The lowest BCUT2D eigenvalue weighted by Crippen LogP contribution is -2.21. The number of nitrogens with one attached hydrogen (secondary N) is 1. The van der Waals surface area contributed by atoms with E-state index in [0.29, 0.717) is 5.56 Å². The smallest absolute Gasteiger partial charge is 0.340 e. The van der Waals surface area contributed by atoms with Gasteiger partial charge in [-0.2, -0.15) is 0 Å². The minimum absolute atomic E-state index is 0.264. The van der Waals surface area contributed by atoms with Crippen molar-refractivity contribution in [2.75, 3.05) is 11.9 Å². The SMILES string of the molecule is Cc1cc(C(=O)OCC(=O)Nc2ccc3c(c2)CCC3)c(C)n1C(C)C. The minimum Gasteiger partial charge on any atom is -0.452 e. The number of aryl methyl sites for hydroxylation is 3. The monoisotopic (exact) mass is 354 g/mol. The summed E-state index contributed by atoms with van der Waals surface area (Å²) in [7, 11) is 0. The van der Waals surface area contributed by atoms with Crippen LogP contribution < -0.4 is 5.32 Å². The van der Waals surface area contributed by atoms with Gasteiger partial charge < -0.3 is 14.6 Å². The van der Waals surface area contributed by atoms with Gasteiger partial charge in [0.05, 0.1) is 5.56 Å². The molecule has 1 heterocycles. The molecular formula is C21H26N2O3. The largest absolute Gasteiger partial charge is 0.452 e. The number of amides is 1. The van der Waals surface area contributed by atoms with Crippen molar-refractivity contribution in [1.29, 1.82) is 0 Å². The lowest BCUT2D eigenvalue weighted by Gasteiger charge is -2.13. The Morgan fingerprint density at radius 2 is 1.88 bits per heavy atom.